The van der Waals surface area contributed by atoms with Gasteiger partial charge in [-0.25, -0.2) is 4.79 Å². The Kier molecular flexibility index (Phi) is 4.20. The molecule has 0 aromatic heterocycles. The summed E-state index contributed by atoms with van der Waals surface area (Å²) < 4.78 is 0. The molecule has 1 saturated carbocycles. The van der Waals surface area contributed by atoms with E-state index in [0.717, 1.165) is 19.3 Å². The third-order valence-corrected chi connectivity index (χ3v) is 2.22. The molecular formula is C10H20N2O2. The summed E-state index contributed by atoms with van der Waals surface area (Å²) in [5, 5.41) is 14.6. The van der Waals surface area contributed by atoms with Gasteiger partial charge in [-0.1, -0.05) is 13.8 Å². The lowest BCUT2D eigenvalue weighted by Crippen LogP contribution is -2.45. The van der Waals surface area contributed by atoms with Crippen molar-refractivity contribution in [3.63, 3.8) is 0 Å². The highest BCUT2D eigenvalue weighted by atomic mass is 16.3. The van der Waals surface area contributed by atoms with Gasteiger partial charge in [0.1, 0.15) is 0 Å². The molecule has 2 amide bonds. The monoisotopic (exact) mass is 200 g/mol. The van der Waals surface area contributed by atoms with Crippen molar-refractivity contribution in [1.82, 2.24) is 10.6 Å². The molecule has 0 heterocycles. The molecule has 1 aliphatic rings. The molecule has 4 nitrogen and oxygen atoms in total. The molecule has 1 atom stereocenters. The first kappa shape index (κ1) is 11.3. The van der Waals surface area contributed by atoms with Crippen molar-refractivity contribution in [2.75, 3.05) is 6.61 Å². The van der Waals surface area contributed by atoms with Crippen molar-refractivity contribution in [3.05, 3.63) is 0 Å². The fourth-order valence-electron chi connectivity index (χ4n) is 1.39. The molecule has 14 heavy (non-hydrogen) atoms. The van der Waals surface area contributed by atoms with Crippen LogP contribution in [0.15, 0.2) is 0 Å². The van der Waals surface area contributed by atoms with Gasteiger partial charge in [-0.05, 0) is 25.2 Å². The number of carbonyl (C=O) groups excluding carboxylic acids is 1. The zero-order valence-electron chi connectivity index (χ0n) is 8.92. The summed E-state index contributed by atoms with van der Waals surface area (Å²) in [6.07, 6.45) is 2.98. The number of rotatable bonds is 5. The quantitative estimate of drug-likeness (QED) is 0.616. The smallest absolute Gasteiger partial charge is 0.315 e. The van der Waals surface area contributed by atoms with E-state index < -0.39 is 0 Å². The molecule has 4 heteroatoms. The molecule has 0 aromatic rings. The highest BCUT2D eigenvalue weighted by molar-refractivity contribution is 5.74. The summed E-state index contributed by atoms with van der Waals surface area (Å²) in [4.78, 5) is 11.3. The minimum absolute atomic E-state index is 0.0102. The van der Waals surface area contributed by atoms with Crippen molar-refractivity contribution < 1.29 is 9.90 Å². The minimum atomic E-state index is -0.146. The molecule has 0 spiro atoms. The molecule has 0 aromatic carbocycles. The molecular weight excluding hydrogens is 180 g/mol. The fourth-order valence-corrected chi connectivity index (χ4v) is 1.39. The molecule has 1 unspecified atom stereocenters. The Morgan fingerprint density at radius 1 is 1.50 bits per heavy atom. The predicted molar refractivity (Wildman–Crippen MR) is 55.0 cm³/mol. The largest absolute Gasteiger partial charge is 0.394 e. The molecule has 1 aliphatic carbocycles. The van der Waals surface area contributed by atoms with E-state index in [1.165, 1.54) is 0 Å². The zero-order valence-corrected chi connectivity index (χ0v) is 8.92. The summed E-state index contributed by atoms with van der Waals surface area (Å²) >= 11 is 0. The first-order chi connectivity index (χ1) is 6.61. The van der Waals surface area contributed by atoms with Gasteiger partial charge in [0.15, 0.2) is 0 Å². The minimum Gasteiger partial charge on any atom is -0.394 e. The van der Waals surface area contributed by atoms with Crippen LogP contribution in [-0.2, 0) is 0 Å². The highest BCUT2D eigenvalue weighted by Crippen LogP contribution is 2.18. The highest BCUT2D eigenvalue weighted by Gasteiger charge is 2.24. The summed E-state index contributed by atoms with van der Waals surface area (Å²) in [7, 11) is 0. The average Bonchev–Trinajstić information content (AvgIpc) is 2.86. The Labute approximate surface area is 85.1 Å². The molecule has 1 fully saturated rings. The van der Waals surface area contributed by atoms with Crippen LogP contribution >= 0.6 is 0 Å². The van der Waals surface area contributed by atoms with Gasteiger partial charge in [-0.15, -0.1) is 0 Å². The van der Waals surface area contributed by atoms with Crippen molar-refractivity contribution in [2.45, 2.75) is 45.2 Å². The van der Waals surface area contributed by atoms with Crippen LogP contribution in [0.5, 0.6) is 0 Å². The van der Waals surface area contributed by atoms with Gasteiger partial charge >= 0.3 is 6.03 Å². The van der Waals surface area contributed by atoms with E-state index in [-0.39, 0.29) is 18.7 Å². The maximum absolute atomic E-state index is 11.3. The number of aliphatic hydroxyl groups excluding tert-OH is 1. The molecule has 0 aliphatic heterocycles. The molecule has 0 radical (unpaired) electrons. The van der Waals surface area contributed by atoms with E-state index in [1.807, 2.05) is 0 Å². The number of nitrogens with one attached hydrogen (secondary N) is 2. The van der Waals surface area contributed by atoms with E-state index in [4.69, 9.17) is 5.11 Å². The maximum atomic E-state index is 11.3. The van der Waals surface area contributed by atoms with Crippen LogP contribution in [0.4, 0.5) is 4.79 Å². The summed E-state index contributed by atoms with van der Waals surface area (Å²) in [6.45, 7) is 4.16. The lowest BCUT2D eigenvalue weighted by molar-refractivity contribution is 0.206. The summed E-state index contributed by atoms with van der Waals surface area (Å²) in [5.41, 5.74) is 0. The van der Waals surface area contributed by atoms with Crippen LogP contribution < -0.4 is 10.6 Å². The molecule has 3 N–H and O–H groups in total. The lowest BCUT2D eigenvalue weighted by Gasteiger charge is -2.18. The standard InChI is InChI=1S/C10H20N2O2/c1-7(2)5-9(6-13)12-10(14)11-8-3-4-8/h7-9,13H,3-6H2,1-2H3,(H2,11,12,14). The van der Waals surface area contributed by atoms with Gasteiger partial charge in [0.05, 0.1) is 12.6 Å². The van der Waals surface area contributed by atoms with Crippen LogP contribution in [0.25, 0.3) is 0 Å². The topological polar surface area (TPSA) is 61.4 Å². The summed E-state index contributed by atoms with van der Waals surface area (Å²) in [5.74, 6) is 0.480. The Morgan fingerprint density at radius 2 is 2.14 bits per heavy atom. The van der Waals surface area contributed by atoms with Crippen LogP contribution in [-0.4, -0.2) is 29.8 Å². The van der Waals surface area contributed by atoms with E-state index in [0.29, 0.717) is 12.0 Å². The van der Waals surface area contributed by atoms with Crippen LogP contribution in [0.3, 0.4) is 0 Å². The van der Waals surface area contributed by atoms with Crippen LogP contribution in [0.1, 0.15) is 33.1 Å². The molecule has 0 saturated heterocycles. The second-order valence-corrected chi connectivity index (χ2v) is 4.40. The number of carbonyl (C=O) groups is 1. The first-order valence-electron chi connectivity index (χ1n) is 5.29. The molecule has 1 rings (SSSR count). The SMILES string of the molecule is CC(C)CC(CO)NC(=O)NC1CC1. The Bertz CT molecular complexity index is 191. The number of hydrogen-bond acceptors (Lipinski definition) is 2. The third-order valence-electron chi connectivity index (χ3n) is 2.22. The lowest BCUT2D eigenvalue weighted by atomic mass is 10.0. The second kappa shape index (κ2) is 5.20. The van der Waals surface area contributed by atoms with E-state index >= 15 is 0 Å². The van der Waals surface area contributed by atoms with Gasteiger partial charge in [-0.3, -0.25) is 0 Å². The maximum Gasteiger partial charge on any atom is 0.315 e. The molecule has 0 bridgehead atoms. The first-order valence-corrected chi connectivity index (χ1v) is 5.29. The van der Waals surface area contributed by atoms with Crippen LogP contribution in [0, 0.1) is 5.92 Å². The van der Waals surface area contributed by atoms with Crippen molar-refractivity contribution in [2.24, 2.45) is 5.92 Å². The Balaban J connectivity index is 2.19. The second-order valence-electron chi connectivity index (χ2n) is 4.40. The average molecular weight is 200 g/mol. The number of hydrogen-bond donors (Lipinski definition) is 3. The van der Waals surface area contributed by atoms with Gasteiger partial charge < -0.3 is 15.7 Å². The number of aliphatic hydroxyl groups is 1. The number of urea groups is 1. The zero-order chi connectivity index (χ0) is 10.6. The van der Waals surface area contributed by atoms with Crippen LogP contribution in [0.2, 0.25) is 0 Å². The molecule has 82 valence electrons. The van der Waals surface area contributed by atoms with Gasteiger partial charge in [0.2, 0.25) is 0 Å². The van der Waals surface area contributed by atoms with Crippen molar-refractivity contribution in [1.29, 1.82) is 0 Å². The Hall–Kier alpha value is -0.770. The number of amides is 2. The Morgan fingerprint density at radius 3 is 2.57 bits per heavy atom. The summed E-state index contributed by atoms with van der Waals surface area (Å²) in [6, 6.07) is 0.106. The van der Waals surface area contributed by atoms with Gasteiger partial charge in [-0.2, -0.15) is 0 Å². The fraction of sp³-hybridized carbons (Fsp3) is 0.900. The van der Waals surface area contributed by atoms with E-state index in [2.05, 4.69) is 24.5 Å². The van der Waals surface area contributed by atoms with E-state index in [1.54, 1.807) is 0 Å². The van der Waals surface area contributed by atoms with Gasteiger partial charge in [0.25, 0.3) is 0 Å². The van der Waals surface area contributed by atoms with Gasteiger partial charge in [0, 0.05) is 6.04 Å². The van der Waals surface area contributed by atoms with E-state index in [9.17, 15) is 4.79 Å². The van der Waals surface area contributed by atoms with Crippen molar-refractivity contribution >= 4 is 6.03 Å². The third kappa shape index (κ3) is 4.46. The van der Waals surface area contributed by atoms with Crippen molar-refractivity contribution in [3.8, 4) is 0 Å². The normalized spacial score (nSPS) is 18.0. The predicted octanol–water partition coefficient (Wildman–Crippen LogP) is 0.855.